The van der Waals surface area contributed by atoms with Crippen LogP contribution in [0.15, 0.2) is 12.1 Å². The van der Waals surface area contributed by atoms with Gasteiger partial charge in [-0.2, -0.15) is 0 Å². The van der Waals surface area contributed by atoms with Crippen molar-refractivity contribution >= 4 is 0 Å². The minimum atomic E-state index is 0.329. The molecule has 1 aromatic rings. The lowest BCUT2D eigenvalue weighted by Gasteiger charge is -2.23. The normalized spacial score (nSPS) is 15.5. The summed E-state index contributed by atoms with van der Waals surface area (Å²) in [6.07, 6.45) is 0. The van der Waals surface area contributed by atoms with Crippen LogP contribution in [-0.4, -0.2) is 40.5 Å². The van der Waals surface area contributed by atoms with E-state index in [1.165, 1.54) is 11.1 Å². The summed E-state index contributed by atoms with van der Waals surface area (Å²) < 4.78 is 16.5. The largest absolute Gasteiger partial charge is 0.486 e. The van der Waals surface area contributed by atoms with Crippen molar-refractivity contribution in [2.45, 2.75) is 12.8 Å². The van der Waals surface area contributed by atoms with Gasteiger partial charge >= 0.3 is 0 Å². The lowest BCUT2D eigenvalue weighted by molar-refractivity contribution is 0.168. The van der Waals surface area contributed by atoms with Crippen molar-refractivity contribution in [3.8, 4) is 11.5 Å². The number of aryl methyl sites for hydroxylation is 1. The van der Waals surface area contributed by atoms with Crippen molar-refractivity contribution in [3.63, 3.8) is 0 Å². The number of nitrogens with one attached hydrogen (secondary N) is 1. The molecule has 1 unspecified atom stereocenters. The number of hydrogen-bond donors (Lipinski definition) is 1. The molecule has 0 spiro atoms. The van der Waals surface area contributed by atoms with Crippen molar-refractivity contribution in [1.82, 2.24) is 5.32 Å². The molecule has 0 aliphatic carbocycles. The zero-order chi connectivity index (χ0) is 13.0. The third kappa shape index (κ3) is 2.76. The highest BCUT2D eigenvalue weighted by atomic mass is 16.6. The molecule has 0 aromatic heterocycles. The smallest absolute Gasteiger partial charge is 0.161 e. The molecule has 1 atom stereocenters. The third-order valence-corrected chi connectivity index (χ3v) is 3.19. The Bertz CT molecular complexity index is 400. The van der Waals surface area contributed by atoms with Gasteiger partial charge in [-0.3, -0.25) is 0 Å². The Labute approximate surface area is 108 Å². The van der Waals surface area contributed by atoms with Gasteiger partial charge in [-0.15, -0.1) is 0 Å². The number of rotatable bonds is 5. The van der Waals surface area contributed by atoms with E-state index in [0.717, 1.165) is 18.0 Å². The third-order valence-electron chi connectivity index (χ3n) is 3.19. The summed E-state index contributed by atoms with van der Waals surface area (Å²) >= 11 is 0. The average Bonchev–Trinajstić information content (AvgIpc) is 2.38. The Morgan fingerprint density at radius 3 is 2.56 bits per heavy atom. The molecular weight excluding hydrogens is 230 g/mol. The quantitative estimate of drug-likeness (QED) is 0.865. The lowest BCUT2D eigenvalue weighted by Crippen LogP contribution is -2.22. The second-order valence-electron chi connectivity index (χ2n) is 4.56. The first kappa shape index (κ1) is 13.2. The lowest BCUT2D eigenvalue weighted by atomic mass is 9.94. The zero-order valence-corrected chi connectivity index (χ0v) is 11.3. The molecule has 0 fully saturated rings. The molecule has 1 N–H and O–H groups in total. The van der Waals surface area contributed by atoms with E-state index in [-0.39, 0.29) is 0 Å². The van der Waals surface area contributed by atoms with Crippen molar-refractivity contribution in [2.24, 2.45) is 0 Å². The number of methoxy groups -OCH3 is 1. The maximum atomic E-state index is 5.64. The van der Waals surface area contributed by atoms with E-state index in [4.69, 9.17) is 14.2 Å². The number of likely N-dealkylation sites (N-methyl/N-ethyl adjacent to an activating group) is 1. The fraction of sp³-hybridized carbons (Fsp3) is 0.571. The Balaban J connectivity index is 2.30. The fourth-order valence-electron chi connectivity index (χ4n) is 2.35. The van der Waals surface area contributed by atoms with E-state index in [0.29, 0.717) is 25.7 Å². The molecular formula is C14H21NO3. The summed E-state index contributed by atoms with van der Waals surface area (Å²) in [6.45, 7) is 4.93. The molecule has 2 rings (SSSR count). The highest BCUT2D eigenvalue weighted by molar-refractivity contribution is 5.49. The van der Waals surface area contributed by atoms with Crippen LogP contribution in [-0.2, 0) is 4.74 Å². The van der Waals surface area contributed by atoms with Gasteiger partial charge in [-0.25, -0.2) is 0 Å². The molecule has 0 bridgehead atoms. The van der Waals surface area contributed by atoms with Crippen LogP contribution in [0.5, 0.6) is 11.5 Å². The van der Waals surface area contributed by atoms with Crippen molar-refractivity contribution in [1.29, 1.82) is 0 Å². The van der Waals surface area contributed by atoms with Gasteiger partial charge in [-0.05, 0) is 37.2 Å². The Morgan fingerprint density at radius 2 is 1.94 bits per heavy atom. The minimum absolute atomic E-state index is 0.329. The molecule has 4 heteroatoms. The van der Waals surface area contributed by atoms with E-state index in [2.05, 4.69) is 24.4 Å². The topological polar surface area (TPSA) is 39.7 Å². The zero-order valence-electron chi connectivity index (χ0n) is 11.3. The van der Waals surface area contributed by atoms with Gasteiger partial charge in [-0.1, -0.05) is 0 Å². The molecule has 1 aromatic carbocycles. The van der Waals surface area contributed by atoms with Gasteiger partial charge in [0.15, 0.2) is 11.5 Å². The van der Waals surface area contributed by atoms with Crippen molar-refractivity contribution in [2.75, 3.05) is 40.5 Å². The van der Waals surface area contributed by atoms with Gasteiger partial charge < -0.3 is 19.5 Å². The van der Waals surface area contributed by atoms with Crippen LogP contribution < -0.4 is 14.8 Å². The molecule has 1 aliphatic rings. The first-order valence-corrected chi connectivity index (χ1v) is 6.30. The van der Waals surface area contributed by atoms with Gasteiger partial charge in [0, 0.05) is 19.6 Å². The SMILES string of the molecule is CNCC(COC)c1cc2c(cc1C)OCCO2. The van der Waals surface area contributed by atoms with Gasteiger partial charge in [0.05, 0.1) is 6.61 Å². The highest BCUT2D eigenvalue weighted by Gasteiger charge is 2.19. The maximum absolute atomic E-state index is 5.64. The van der Waals surface area contributed by atoms with Gasteiger partial charge in [0.25, 0.3) is 0 Å². The van der Waals surface area contributed by atoms with Gasteiger partial charge in [0.2, 0.25) is 0 Å². The molecule has 18 heavy (non-hydrogen) atoms. The van der Waals surface area contributed by atoms with E-state index in [1.54, 1.807) is 7.11 Å². The van der Waals surface area contributed by atoms with Crippen LogP contribution in [0, 0.1) is 6.92 Å². The average molecular weight is 251 g/mol. The monoisotopic (exact) mass is 251 g/mol. The van der Waals surface area contributed by atoms with E-state index in [9.17, 15) is 0 Å². The molecule has 1 aliphatic heterocycles. The van der Waals surface area contributed by atoms with Crippen LogP contribution in [0.1, 0.15) is 17.0 Å². The molecule has 1 heterocycles. The molecule has 0 saturated carbocycles. The summed E-state index contributed by atoms with van der Waals surface area (Å²) in [4.78, 5) is 0. The summed E-state index contributed by atoms with van der Waals surface area (Å²) in [7, 11) is 3.69. The predicted octanol–water partition coefficient (Wildman–Crippen LogP) is 1.72. The summed E-state index contributed by atoms with van der Waals surface area (Å²) in [5.41, 5.74) is 2.48. The van der Waals surface area contributed by atoms with Crippen LogP contribution in [0.4, 0.5) is 0 Å². The van der Waals surface area contributed by atoms with Crippen molar-refractivity contribution < 1.29 is 14.2 Å². The molecule has 0 saturated heterocycles. The Hall–Kier alpha value is -1.26. The first-order chi connectivity index (χ1) is 8.76. The van der Waals surface area contributed by atoms with Crippen LogP contribution in [0.2, 0.25) is 0 Å². The van der Waals surface area contributed by atoms with E-state index in [1.807, 2.05) is 7.05 Å². The summed E-state index contributed by atoms with van der Waals surface area (Å²) in [6, 6.07) is 4.15. The number of fused-ring (bicyclic) bond motifs is 1. The number of ether oxygens (including phenoxy) is 3. The van der Waals surface area contributed by atoms with E-state index >= 15 is 0 Å². The van der Waals surface area contributed by atoms with Crippen molar-refractivity contribution in [3.05, 3.63) is 23.3 Å². The molecule has 0 radical (unpaired) electrons. The summed E-state index contributed by atoms with van der Waals surface area (Å²) in [5.74, 6) is 2.03. The summed E-state index contributed by atoms with van der Waals surface area (Å²) in [5, 5.41) is 3.21. The number of hydrogen-bond acceptors (Lipinski definition) is 4. The Kier molecular flexibility index (Phi) is 4.44. The van der Waals surface area contributed by atoms with Gasteiger partial charge in [0.1, 0.15) is 13.2 Å². The Morgan fingerprint density at radius 1 is 1.28 bits per heavy atom. The second kappa shape index (κ2) is 6.07. The minimum Gasteiger partial charge on any atom is -0.486 e. The standard InChI is InChI=1S/C14H21NO3/c1-10-6-13-14(18-5-4-17-13)7-12(10)11(8-15-2)9-16-3/h6-7,11,15H,4-5,8-9H2,1-3H3. The van der Waals surface area contributed by atoms with Crippen LogP contribution >= 0.6 is 0 Å². The molecule has 100 valence electrons. The van der Waals surface area contributed by atoms with E-state index < -0.39 is 0 Å². The molecule has 4 nitrogen and oxygen atoms in total. The number of benzene rings is 1. The highest BCUT2D eigenvalue weighted by Crippen LogP contribution is 2.35. The molecule has 0 amide bonds. The van der Waals surface area contributed by atoms with Crippen LogP contribution in [0.3, 0.4) is 0 Å². The fourth-order valence-corrected chi connectivity index (χ4v) is 2.35. The van der Waals surface area contributed by atoms with Crippen LogP contribution in [0.25, 0.3) is 0 Å². The predicted molar refractivity (Wildman–Crippen MR) is 70.7 cm³/mol. The maximum Gasteiger partial charge on any atom is 0.161 e. The second-order valence-corrected chi connectivity index (χ2v) is 4.56. The first-order valence-electron chi connectivity index (χ1n) is 6.30.